The summed E-state index contributed by atoms with van der Waals surface area (Å²) in [5.74, 6) is 0.579. The van der Waals surface area contributed by atoms with Crippen molar-refractivity contribution in [2.45, 2.75) is 26.4 Å². The third-order valence-electron chi connectivity index (χ3n) is 2.60. The van der Waals surface area contributed by atoms with Crippen LogP contribution in [0.1, 0.15) is 20.3 Å². The van der Waals surface area contributed by atoms with Crippen LogP contribution in [0.3, 0.4) is 0 Å². The molecule has 3 N–H and O–H groups in total. The normalized spacial score (nSPS) is 11.3. The maximum atomic E-state index is 11.6. The van der Waals surface area contributed by atoms with E-state index < -0.39 is 0 Å². The molecule has 114 valence electrons. The first-order valence-electron chi connectivity index (χ1n) is 6.50. The van der Waals surface area contributed by atoms with E-state index >= 15 is 0 Å². The van der Waals surface area contributed by atoms with Crippen LogP contribution in [-0.4, -0.2) is 31.8 Å². The van der Waals surface area contributed by atoms with Gasteiger partial charge in [-0.15, -0.1) is 12.4 Å². The molecule has 0 aliphatic carbocycles. The zero-order chi connectivity index (χ0) is 14.1. The molecule has 20 heavy (non-hydrogen) atoms. The molecule has 5 nitrogen and oxygen atoms in total. The Labute approximate surface area is 126 Å². The van der Waals surface area contributed by atoms with Crippen LogP contribution in [0.4, 0.5) is 5.69 Å². The first kappa shape index (κ1) is 18.7. The van der Waals surface area contributed by atoms with Crippen molar-refractivity contribution in [2.75, 3.05) is 25.1 Å². The van der Waals surface area contributed by atoms with Crippen molar-refractivity contribution in [3.8, 4) is 5.75 Å². The van der Waals surface area contributed by atoms with Gasteiger partial charge in [0.2, 0.25) is 5.91 Å². The zero-order valence-corrected chi connectivity index (χ0v) is 12.7. The zero-order valence-electron chi connectivity index (χ0n) is 11.9. The van der Waals surface area contributed by atoms with E-state index in [1.54, 1.807) is 24.3 Å². The smallest absolute Gasteiger partial charge is 0.250 e. The summed E-state index contributed by atoms with van der Waals surface area (Å²) in [6, 6.07) is 7.15. The van der Waals surface area contributed by atoms with Gasteiger partial charge in [-0.25, -0.2) is 0 Å². The molecule has 6 heteroatoms. The van der Waals surface area contributed by atoms with Gasteiger partial charge in [-0.3, -0.25) is 4.79 Å². The lowest BCUT2D eigenvalue weighted by molar-refractivity contribution is -0.122. The number of nitrogens with two attached hydrogens (primary N) is 1. The molecule has 1 aromatic carbocycles. The van der Waals surface area contributed by atoms with Crippen LogP contribution >= 0.6 is 12.4 Å². The molecule has 0 fully saturated rings. The van der Waals surface area contributed by atoms with E-state index in [1.165, 1.54) is 0 Å². The number of carbonyl (C=O) groups excluding carboxylic acids is 1. The minimum Gasteiger partial charge on any atom is -0.492 e. The summed E-state index contributed by atoms with van der Waals surface area (Å²) in [6.45, 7) is 4.99. The molecule has 0 bridgehead atoms. The van der Waals surface area contributed by atoms with Crippen LogP contribution in [0.25, 0.3) is 0 Å². The van der Waals surface area contributed by atoms with E-state index in [0.717, 1.165) is 17.9 Å². The Bertz CT molecular complexity index is 385. The third-order valence-corrected chi connectivity index (χ3v) is 2.60. The molecule has 0 heterocycles. The van der Waals surface area contributed by atoms with Crippen molar-refractivity contribution < 1.29 is 14.3 Å². The Morgan fingerprint density at radius 2 is 2.00 bits per heavy atom. The number of ether oxygens (including phenoxy) is 2. The van der Waals surface area contributed by atoms with Gasteiger partial charge in [0, 0.05) is 12.2 Å². The summed E-state index contributed by atoms with van der Waals surface area (Å²) in [6.07, 6.45) is 0.985. The molecule has 0 spiro atoms. The highest BCUT2D eigenvalue weighted by molar-refractivity contribution is 5.91. The fraction of sp³-hybridized carbons (Fsp3) is 0.500. The molecule has 1 atom stereocenters. The van der Waals surface area contributed by atoms with E-state index in [2.05, 4.69) is 5.32 Å². The number of rotatable bonds is 8. The van der Waals surface area contributed by atoms with Gasteiger partial charge in [0.1, 0.15) is 19.0 Å². The Hall–Kier alpha value is -1.30. The number of amides is 1. The third kappa shape index (κ3) is 7.33. The van der Waals surface area contributed by atoms with Crippen LogP contribution < -0.4 is 15.8 Å². The van der Waals surface area contributed by atoms with E-state index in [0.29, 0.717) is 13.2 Å². The van der Waals surface area contributed by atoms with Crippen LogP contribution in [0.15, 0.2) is 24.3 Å². The number of benzene rings is 1. The molecule has 1 unspecified atom stereocenters. The second-order valence-corrected chi connectivity index (χ2v) is 4.24. The summed E-state index contributed by atoms with van der Waals surface area (Å²) in [4.78, 5) is 11.6. The van der Waals surface area contributed by atoms with Crippen molar-refractivity contribution in [3.63, 3.8) is 0 Å². The van der Waals surface area contributed by atoms with Crippen molar-refractivity contribution in [1.82, 2.24) is 0 Å². The Morgan fingerprint density at radius 3 is 2.55 bits per heavy atom. The molecule has 1 rings (SSSR count). The maximum absolute atomic E-state index is 11.6. The highest BCUT2D eigenvalue weighted by Crippen LogP contribution is 2.15. The molecular weight excluding hydrogens is 280 g/mol. The lowest BCUT2D eigenvalue weighted by Gasteiger charge is -2.11. The fourth-order valence-corrected chi connectivity index (χ4v) is 1.34. The number of anilines is 1. The molecule has 0 aromatic heterocycles. The SMILES string of the molecule is CCC(C)OCC(=O)Nc1ccc(OCCN)cc1.Cl. The van der Waals surface area contributed by atoms with Crippen LogP contribution in [0, 0.1) is 0 Å². The summed E-state index contributed by atoms with van der Waals surface area (Å²) >= 11 is 0. The van der Waals surface area contributed by atoms with Crippen molar-refractivity contribution in [1.29, 1.82) is 0 Å². The fourth-order valence-electron chi connectivity index (χ4n) is 1.34. The standard InChI is InChI=1S/C14H22N2O3.ClH/c1-3-11(2)19-10-14(17)16-12-4-6-13(7-5-12)18-9-8-15;/h4-7,11H,3,8-10,15H2,1-2H3,(H,16,17);1H. The molecule has 1 aromatic rings. The first-order chi connectivity index (χ1) is 9.15. The Kier molecular flexibility index (Phi) is 9.80. The van der Waals surface area contributed by atoms with Crippen LogP contribution in [0.2, 0.25) is 0 Å². The largest absolute Gasteiger partial charge is 0.492 e. The molecule has 0 radical (unpaired) electrons. The van der Waals surface area contributed by atoms with Gasteiger partial charge in [-0.1, -0.05) is 6.92 Å². The first-order valence-corrected chi connectivity index (χ1v) is 6.50. The minimum atomic E-state index is -0.157. The average Bonchev–Trinajstić information content (AvgIpc) is 2.44. The average molecular weight is 303 g/mol. The molecule has 0 saturated heterocycles. The topological polar surface area (TPSA) is 73.6 Å². The van der Waals surface area contributed by atoms with E-state index in [1.807, 2.05) is 13.8 Å². The maximum Gasteiger partial charge on any atom is 0.250 e. The number of nitrogens with one attached hydrogen (secondary N) is 1. The predicted molar refractivity (Wildman–Crippen MR) is 82.6 cm³/mol. The number of halogens is 1. The van der Waals surface area contributed by atoms with Crippen molar-refractivity contribution >= 4 is 24.0 Å². The lowest BCUT2D eigenvalue weighted by Crippen LogP contribution is -2.21. The number of carbonyl (C=O) groups is 1. The van der Waals surface area contributed by atoms with Crippen LogP contribution in [0.5, 0.6) is 5.75 Å². The molecule has 1 amide bonds. The summed E-state index contributed by atoms with van der Waals surface area (Å²) in [5, 5.41) is 2.76. The number of hydrogen-bond acceptors (Lipinski definition) is 4. The number of hydrogen-bond donors (Lipinski definition) is 2. The Balaban J connectivity index is 0.00000361. The second-order valence-electron chi connectivity index (χ2n) is 4.24. The van der Waals surface area contributed by atoms with E-state index in [-0.39, 0.29) is 31.0 Å². The highest BCUT2D eigenvalue weighted by atomic mass is 35.5. The van der Waals surface area contributed by atoms with Crippen molar-refractivity contribution in [2.24, 2.45) is 5.73 Å². The van der Waals surface area contributed by atoms with Crippen molar-refractivity contribution in [3.05, 3.63) is 24.3 Å². The predicted octanol–water partition coefficient (Wildman–Crippen LogP) is 2.20. The van der Waals surface area contributed by atoms with Gasteiger partial charge in [-0.05, 0) is 37.6 Å². The summed E-state index contributed by atoms with van der Waals surface area (Å²) in [7, 11) is 0. The monoisotopic (exact) mass is 302 g/mol. The minimum absolute atomic E-state index is 0. The van der Waals surface area contributed by atoms with E-state index in [9.17, 15) is 4.79 Å². The van der Waals surface area contributed by atoms with Gasteiger partial charge in [0.05, 0.1) is 6.10 Å². The van der Waals surface area contributed by atoms with Crippen LogP contribution in [-0.2, 0) is 9.53 Å². The molecular formula is C14H23ClN2O3. The van der Waals surface area contributed by atoms with Gasteiger partial charge in [-0.2, -0.15) is 0 Å². The lowest BCUT2D eigenvalue weighted by atomic mass is 10.3. The van der Waals surface area contributed by atoms with Gasteiger partial charge < -0.3 is 20.5 Å². The highest BCUT2D eigenvalue weighted by Gasteiger charge is 2.05. The Morgan fingerprint density at radius 1 is 1.35 bits per heavy atom. The van der Waals surface area contributed by atoms with Gasteiger partial charge >= 0.3 is 0 Å². The van der Waals surface area contributed by atoms with E-state index in [4.69, 9.17) is 15.2 Å². The van der Waals surface area contributed by atoms with Gasteiger partial charge in [0.25, 0.3) is 0 Å². The second kappa shape index (κ2) is 10.5. The molecule has 0 saturated carbocycles. The summed E-state index contributed by atoms with van der Waals surface area (Å²) < 4.78 is 10.7. The van der Waals surface area contributed by atoms with Gasteiger partial charge in [0.15, 0.2) is 0 Å². The summed E-state index contributed by atoms with van der Waals surface area (Å²) in [5.41, 5.74) is 6.07. The quantitative estimate of drug-likeness (QED) is 0.772. The molecule has 0 aliphatic heterocycles. The molecule has 0 aliphatic rings.